The zero-order valence-electron chi connectivity index (χ0n) is 15.0. The third-order valence-corrected chi connectivity index (χ3v) is 4.74. The summed E-state index contributed by atoms with van der Waals surface area (Å²) in [6, 6.07) is 8.58. The van der Waals surface area contributed by atoms with Crippen LogP contribution in [0.4, 0.5) is 0 Å². The van der Waals surface area contributed by atoms with Gasteiger partial charge >= 0.3 is 0 Å². The Morgan fingerprint density at radius 3 is 2.58 bits per heavy atom. The molecule has 0 bridgehead atoms. The summed E-state index contributed by atoms with van der Waals surface area (Å²) < 4.78 is 2.02. The van der Waals surface area contributed by atoms with Gasteiger partial charge < -0.3 is 9.67 Å². The highest BCUT2D eigenvalue weighted by atomic mass is 16.3. The number of nitrogens with zero attached hydrogens (tertiary/aromatic N) is 2. The molecule has 1 unspecified atom stereocenters. The molecule has 3 rings (SSSR count). The molecule has 3 aromatic rings. The van der Waals surface area contributed by atoms with Crippen molar-refractivity contribution in [1.82, 2.24) is 9.55 Å². The van der Waals surface area contributed by atoms with Crippen molar-refractivity contribution in [1.29, 1.82) is 0 Å². The molecular formula is C21H26N2O. The Balaban J connectivity index is 2.03. The molecule has 0 saturated carbocycles. The molecule has 24 heavy (non-hydrogen) atoms. The zero-order chi connectivity index (χ0) is 17.3. The minimum absolute atomic E-state index is 0.293. The van der Waals surface area contributed by atoms with E-state index < -0.39 is 0 Å². The Morgan fingerprint density at radius 2 is 1.92 bits per heavy atom. The monoisotopic (exact) mass is 322 g/mol. The van der Waals surface area contributed by atoms with Crippen LogP contribution in [0, 0.1) is 12.8 Å². The molecule has 0 spiro atoms. The molecule has 0 aliphatic rings. The number of benzene rings is 1. The molecule has 0 radical (unpaired) electrons. The first kappa shape index (κ1) is 16.6. The van der Waals surface area contributed by atoms with E-state index in [1.807, 2.05) is 16.8 Å². The number of aromatic hydroxyl groups is 1. The number of aryl methyl sites for hydroxylation is 1. The van der Waals surface area contributed by atoms with Crippen molar-refractivity contribution in [3.05, 3.63) is 48.4 Å². The van der Waals surface area contributed by atoms with E-state index in [2.05, 4.69) is 57.1 Å². The molecule has 1 N–H and O–H groups in total. The number of fused-ring (bicyclic) bond motifs is 1. The Bertz CT molecular complexity index is 834. The molecule has 0 aliphatic carbocycles. The van der Waals surface area contributed by atoms with E-state index in [1.165, 1.54) is 0 Å². The van der Waals surface area contributed by atoms with E-state index in [1.54, 1.807) is 6.20 Å². The van der Waals surface area contributed by atoms with Crippen LogP contribution >= 0.6 is 0 Å². The van der Waals surface area contributed by atoms with Crippen LogP contribution in [-0.2, 0) is 0 Å². The van der Waals surface area contributed by atoms with Crippen molar-refractivity contribution in [2.24, 2.45) is 5.92 Å². The Kier molecular flexibility index (Phi) is 4.61. The smallest absolute Gasteiger partial charge is 0.199 e. The molecule has 2 heterocycles. The molecule has 1 aromatic carbocycles. The van der Waals surface area contributed by atoms with E-state index in [9.17, 15) is 5.11 Å². The van der Waals surface area contributed by atoms with E-state index in [-0.39, 0.29) is 0 Å². The molecule has 1 atom stereocenters. The predicted molar refractivity (Wildman–Crippen MR) is 100 cm³/mol. The summed E-state index contributed by atoms with van der Waals surface area (Å²) in [6.45, 7) is 8.72. The molecule has 2 aromatic heterocycles. The highest BCUT2D eigenvalue weighted by Crippen LogP contribution is 2.36. The maximum absolute atomic E-state index is 10.7. The van der Waals surface area contributed by atoms with Crippen LogP contribution in [0.25, 0.3) is 21.9 Å². The fourth-order valence-electron chi connectivity index (χ4n) is 3.31. The largest absolute Gasteiger partial charge is 0.494 e. The van der Waals surface area contributed by atoms with Gasteiger partial charge in [0.1, 0.15) is 0 Å². The van der Waals surface area contributed by atoms with Gasteiger partial charge in [0.15, 0.2) is 5.88 Å². The average Bonchev–Trinajstić information content (AvgIpc) is 2.90. The van der Waals surface area contributed by atoms with Crippen molar-refractivity contribution in [2.75, 3.05) is 0 Å². The van der Waals surface area contributed by atoms with Gasteiger partial charge in [0.25, 0.3) is 0 Å². The topological polar surface area (TPSA) is 38.0 Å². The van der Waals surface area contributed by atoms with Crippen molar-refractivity contribution >= 4 is 10.8 Å². The first-order valence-electron chi connectivity index (χ1n) is 8.72. The van der Waals surface area contributed by atoms with Crippen molar-refractivity contribution < 1.29 is 5.11 Å². The second-order valence-electron chi connectivity index (χ2n) is 7.18. The van der Waals surface area contributed by atoms with Gasteiger partial charge in [-0.05, 0) is 55.9 Å². The third kappa shape index (κ3) is 3.16. The maximum atomic E-state index is 10.7. The Labute approximate surface area is 144 Å². The van der Waals surface area contributed by atoms with Crippen LogP contribution in [0.1, 0.15) is 45.2 Å². The lowest BCUT2D eigenvalue weighted by molar-refractivity contribution is 0.370. The predicted octanol–water partition coefficient (Wildman–Crippen LogP) is 5.71. The summed E-state index contributed by atoms with van der Waals surface area (Å²) in [7, 11) is 0. The van der Waals surface area contributed by atoms with E-state index in [4.69, 9.17) is 0 Å². The van der Waals surface area contributed by atoms with Gasteiger partial charge in [-0.15, -0.1) is 0 Å². The first-order chi connectivity index (χ1) is 11.5. The Hall–Kier alpha value is -2.29. The SMILES string of the molecule is Cc1cc(-c2cccnc2)cc2cn(C(C)CCC(C)C)c(O)c12. The Morgan fingerprint density at radius 1 is 1.12 bits per heavy atom. The lowest BCUT2D eigenvalue weighted by Crippen LogP contribution is -2.04. The maximum Gasteiger partial charge on any atom is 0.199 e. The van der Waals surface area contributed by atoms with E-state index in [0.717, 1.165) is 40.3 Å². The minimum atomic E-state index is 0.293. The molecule has 0 amide bonds. The molecule has 3 heteroatoms. The quantitative estimate of drug-likeness (QED) is 0.653. The van der Waals surface area contributed by atoms with Gasteiger partial charge in [-0.2, -0.15) is 0 Å². The highest BCUT2D eigenvalue weighted by molar-refractivity contribution is 5.94. The van der Waals surface area contributed by atoms with Crippen LogP contribution < -0.4 is 0 Å². The van der Waals surface area contributed by atoms with Gasteiger partial charge in [0.05, 0.1) is 0 Å². The summed E-state index contributed by atoms with van der Waals surface area (Å²) in [5.41, 5.74) is 3.33. The van der Waals surface area contributed by atoms with E-state index in [0.29, 0.717) is 17.8 Å². The summed E-state index contributed by atoms with van der Waals surface area (Å²) >= 11 is 0. The van der Waals surface area contributed by atoms with E-state index >= 15 is 0 Å². The average molecular weight is 322 g/mol. The summed E-state index contributed by atoms with van der Waals surface area (Å²) in [5.74, 6) is 1.06. The normalized spacial score (nSPS) is 12.9. The second kappa shape index (κ2) is 6.68. The van der Waals surface area contributed by atoms with Gasteiger partial charge in [-0.3, -0.25) is 4.98 Å². The first-order valence-corrected chi connectivity index (χ1v) is 8.72. The number of pyridine rings is 1. The second-order valence-corrected chi connectivity index (χ2v) is 7.18. The zero-order valence-corrected chi connectivity index (χ0v) is 15.0. The van der Waals surface area contributed by atoms with Crippen molar-refractivity contribution in [3.8, 4) is 17.0 Å². The van der Waals surface area contributed by atoms with Crippen LogP contribution in [0.3, 0.4) is 0 Å². The number of aromatic nitrogens is 2. The number of rotatable bonds is 5. The molecule has 126 valence electrons. The van der Waals surface area contributed by atoms with Gasteiger partial charge in [0, 0.05) is 41.0 Å². The summed E-state index contributed by atoms with van der Waals surface area (Å²) in [6.07, 6.45) is 7.98. The molecule has 0 fully saturated rings. The van der Waals surface area contributed by atoms with Crippen LogP contribution in [0.5, 0.6) is 5.88 Å². The lowest BCUT2D eigenvalue weighted by Gasteiger charge is -2.16. The summed E-state index contributed by atoms with van der Waals surface area (Å²) in [4.78, 5) is 4.21. The van der Waals surface area contributed by atoms with Crippen LogP contribution in [-0.4, -0.2) is 14.7 Å². The fourth-order valence-corrected chi connectivity index (χ4v) is 3.31. The van der Waals surface area contributed by atoms with Gasteiger partial charge in [0.2, 0.25) is 0 Å². The molecule has 3 nitrogen and oxygen atoms in total. The molecular weight excluding hydrogens is 296 g/mol. The third-order valence-electron chi connectivity index (χ3n) is 4.74. The van der Waals surface area contributed by atoms with Gasteiger partial charge in [-0.1, -0.05) is 26.0 Å². The van der Waals surface area contributed by atoms with Crippen molar-refractivity contribution in [2.45, 2.75) is 46.6 Å². The highest BCUT2D eigenvalue weighted by Gasteiger charge is 2.16. The fraction of sp³-hybridized carbons (Fsp3) is 0.381. The number of hydrogen-bond acceptors (Lipinski definition) is 2. The summed E-state index contributed by atoms with van der Waals surface area (Å²) in [5, 5.41) is 12.8. The molecule has 0 aliphatic heterocycles. The molecule has 0 saturated heterocycles. The minimum Gasteiger partial charge on any atom is -0.494 e. The number of hydrogen-bond donors (Lipinski definition) is 1. The lowest BCUT2D eigenvalue weighted by atomic mass is 10.0. The van der Waals surface area contributed by atoms with Crippen LogP contribution in [0.2, 0.25) is 0 Å². The van der Waals surface area contributed by atoms with Crippen molar-refractivity contribution in [3.63, 3.8) is 0 Å². The standard InChI is InChI=1S/C21H26N2O/c1-14(2)7-8-16(4)23-13-19-11-18(17-6-5-9-22-12-17)10-15(3)20(19)21(23)24/h5-6,9-14,16,24H,7-8H2,1-4H3. The van der Waals surface area contributed by atoms with Gasteiger partial charge in [-0.25, -0.2) is 0 Å². The van der Waals surface area contributed by atoms with Crippen LogP contribution in [0.15, 0.2) is 42.9 Å².